The molecule has 2 aromatic heterocycles. The minimum Gasteiger partial charge on any atom is -0.384 e. The molecule has 0 aliphatic carbocycles. The fourth-order valence-corrected chi connectivity index (χ4v) is 2.56. The number of rotatable bonds is 5. The third kappa shape index (κ3) is 3.12. The molecule has 1 atom stereocenters. The van der Waals surface area contributed by atoms with Crippen molar-refractivity contribution in [3.63, 3.8) is 0 Å². The van der Waals surface area contributed by atoms with Crippen LogP contribution < -0.4 is 5.32 Å². The van der Waals surface area contributed by atoms with Gasteiger partial charge < -0.3 is 10.4 Å². The summed E-state index contributed by atoms with van der Waals surface area (Å²) in [7, 11) is 0. The van der Waals surface area contributed by atoms with Crippen LogP contribution in [0.15, 0.2) is 29.1 Å². The summed E-state index contributed by atoms with van der Waals surface area (Å²) in [5.74, 6) is 0.533. The lowest BCUT2D eigenvalue weighted by Crippen LogP contribution is -2.30. The molecular weight excluding hydrogens is 278 g/mol. The summed E-state index contributed by atoms with van der Waals surface area (Å²) in [5.41, 5.74) is 0.433. The van der Waals surface area contributed by atoms with E-state index in [1.54, 1.807) is 13.8 Å². The number of nitro groups is 1. The van der Waals surface area contributed by atoms with E-state index < -0.39 is 10.5 Å². The molecule has 0 aromatic carbocycles. The molecule has 2 rings (SSSR count). The minimum absolute atomic E-state index is 0.0438. The lowest BCUT2D eigenvalue weighted by Gasteiger charge is -2.23. The summed E-state index contributed by atoms with van der Waals surface area (Å²) >= 11 is 1.52. The zero-order valence-electron chi connectivity index (χ0n) is 11.2. The van der Waals surface area contributed by atoms with Crippen molar-refractivity contribution >= 4 is 22.8 Å². The summed E-state index contributed by atoms with van der Waals surface area (Å²) < 4.78 is 0. The van der Waals surface area contributed by atoms with Gasteiger partial charge in [-0.2, -0.15) is 11.3 Å². The van der Waals surface area contributed by atoms with Gasteiger partial charge >= 0.3 is 0 Å². The molecule has 7 heteroatoms. The molecule has 0 radical (unpaired) electrons. The van der Waals surface area contributed by atoms with E-state index in [9.17, 15) is 15.2 Å². The lowest BCUT2D eigenvalue weighted by molar-refractivity contribution is -0.385. The van der Waals surface area contributed by atoms with Crippen molar-refractivity contribution in [1.29, 1.82) is 0 Å². The van der Waals surface area contributed by atoms with Crippen LogP contribution in [-0.2, 0) is 5.60 Å². The van der Waals surface area contributed by atoms with Crippen LogP contribution >= 0.6 is 11.3 Å². The highest BCUT2D eigenvalue weighted by Crippen LogP contribution is 2.24. The maximum absolute atomic E-state index is 10.6. The van der Waals surface area contributed by atoms with Gasteiger partial charge in [-0.3, -0.25) is 10.1 Å². The quantitative estimate of drug-likeness (QED) is 0.653. The van der Waals surface area contributed by atoms with Crippen molar-refractivity contribution in [3.8, 4) is 0 Å². The molecule has 2 aromatic rings. The maximum atomic E-state index is 10.6. The largest absolute Gasteiger partial charge is 0.384 e. The first-order chi connectivity index (χ1) is 9.40. The Labute approximate surface area is 120 Å². The Hall–Kier alpha value is -1.99. The van der Waals surface area contributed by atoms with E-state index in [2.05, 4.69) is 10.3 Å². The molecule has 0 unspecified atom stereocenters. The van der Waals surface area contributed by atoms with Crippen molar-refractivity contribution in [2.75, 3.05) is 11.9 Å². The second kappa shape index (κ2) is 5.56. The van der Waals surface area contributed by atoms with Gasteiger partial charge in [0.15, 0.2) is 0 Å². The Kier molecular flexibility index (Phi) is 4.01. The number of aromatic nitrogens is 1. The molecule has 20 heavy (non-hydrogen) atoms. The fourth-order valence-electron chi connectivity index (χ4n) is 1.77. The first kappa shape index (κ1) is 14.4. The Bertz CT molecular complexity index is 611. The fraction of sp³-hybridized carbons (Fsp3) is 0.308. The van der Waals surface area contributed by atoms with Gasteiger partial charge in [0.2, 0.25) is 0 Å². The van der Waals surface area contributed by atoms with E-state index in [1.165, 1.54) is 23.6 Å². The average molecular weight is 293 g/mol. The maximum Gasteiger partial charge on any atom is 0.287 e. The first-order valence-corrected chi connectivity index (χ1v) is 6.94. The van der Waals surface area contributed by atoms with Crippen LogP contribution in [0.1, 0.15) is 18.1 Å². The molecule has 0 aliphatic rings. The lowest BCUT2D eigenvalue weighted by atomic mass is 9.99. The van der Waals surface area contributed by atoms with Crippen molar-refractivity contribution in [2.24, 2.45) is 0 Å². The van der Waals surface area contributed by atoms with E-state index in [0.717, 1.165) is 5.56 Å². The topological polar surface area (TPSA) is 88.3 Å². The predicted octanol–water partition coefficient (Wildman–Crippen LogP) is 2.68. The normalized spacial score (nSPS) is 13.8. The van der Waals surface area contributed by atoms with Crippen molar-refractivity contribution in [3.05, 3.63) is 50.3 Å². The molecule has 6 nitrogen and oxygen atoms in total. The zero-order chi connectivity index (χ0) is 14.8. The average Bonchev–Trinajstić information content (AvgIpc) is 2.91. The second-order valence-electron chi connectivity index (χ2n) is 4.76. The summed E-state index contributed by atoms with van der Waals surface area (Å²) in [6.45, 7) is 3.72. The number of aryl methyl sites for hydroxylation is 1. The third-order valence-electron chi connectivity index (χ3n) is 3.02. The first-order valence-electron chi connectivity index (χ1n) is 6.00. The Morgan fingerprint density at radius 3 is 2.90 bits per heavy atom. The number of hydrogen-bond donors (Lipinski definition) is 2. The highest BCUT2D eigenvalue weighted by atomic mass is 32.1. The number of aliphatic hydroxyl groups is 1. The highest BCUT2D eigenvalue weighted by molar-refractivity contribution is 7.08. The number of thiophene rings is 1. The Morgan fingerprint density at radius 2 is 2.35 bits per heavy atom. The molecule has 0 aliphatic heterocycles. The van der Waals surface area contributed by atoms with Gasteiger partial charge in [-0.05, 0) is 41.8 Å². The molecule has 0 amide bonds. The molecule has 0 spiro atoms. The van der Waals surface area contributed by atoms with Gasteiger partial charge in [0.05, 0.1) is 4.92 Å². The van der Waals surface area contributed by atoms with E-state index >= 15 is 0 Å². The number of pyridine rings is 1. The van der Waals surface area contributed by atoms with E-state index in [0.29, 0.717) is 11.4 Å². The molecule has 0 fully saturated rings. The predicted molar refractivity (Wildman–Crippen MR) is 78.0 cm³/mol. The van der Waals surface area contributed by atoms with Crippen LogP contribution in [0.2, 0.25) is 0 Å². The van der Waals surface area contributed by atoms with E-state index in [1.807, 2.05) is 16.8 Å². The van der Waals surface area contributed by atoms with Crippen LogP contribution in [0, 0.1) is 17.0 Å². The van der Waals surface area contributed by atoms with Gasteiger partial charge in [-0.1, -0.05) is 0 Å². The molecule has 0 saturated heterocycles. The molecule has 0 saturated carbocycles. The van der Waals surface area contributed by atoms with Crippen LogP contribution in [-0.4, -0.2) is 21.6 Å². The van der Waals surface area contributed by atoms with Crippen LogP contribution in [0.25, 0.3) is 0 Å². The van der Waals surface area contributed by atoms with E-state index in [4.69, 9.17) is 0 Å². The van der Waals surface area contributed by atoms with E-state index in [-0.39, 0.29) is 12.2 Å². The minimum atomic E-state index is -1.02. The van der Waals surface area contributed by atoms with Gasteiger partial charge in [-0.15, -0.1) is 0 Å². The van der Waals surface area contributed by atoms with Crippen molar-refractivity contribution in [1.82, 2.24) is 4.98 Å². The zero-order valence-corrected chi connectivity index (χ0v) is 12.0. The molecule has 0 bridgehead atoms. The summed E-state index contributed by atoms with van der Waals surface area (Å²) in [4.78, 5) is 14.2. The van der Waals surface area contributed by atoms with Gasteiger partial charge in [-0.25, -0.2) is 4.98 Å². The molecule has 106 valence electrons. The van der Waals surface area contributed by atoms with Crippen molar-refractivity contribution < 1.29 is 10.0 Å². The van der Waals surface area contributed by atoms with Gasteiger partial charge in [0.1, 0.15) is 17.6 Å². The Morgan fingerprint density at radius 1 is 1.60 bits per heavy atom. The van der Waals surface area contributed by atoms with Crippen LogP contribution in [0.3, 0.4) is 0 Å². The van der Waals surface area contributed by atoms with Crippen LogP contribution in [0.5, 0.6) is 0 Å². The molecule has 2 heterocycles. The molecule has 2 N–H and O–H groups in total. The van der Waals surface area contributed by atoms with Gasteiger partial charge in [0, 0.05) is 12.6 Å². The number of hydrogen-bond acceptors (Lipinski definition) is 6. The third-order valence-corrected chi connectivity index (χ3v) is 3.70. The summed E-state index contributed by atoms with van der Waals surface area (Å²) in [6, 6.07) is 3.32. The Balaban J connectivity index is 2.10. The van der Waals surface area contributed by atoms with Crippen LogP contribution in [0.4, 0.5) is 11.5 Å². The number of nitrogens with one attached hydrogen (secondary N) is 1. The van der Waals surface area contributed by atoms with Gasteiger partial charge in [0.25, 0.3) is 5.69 Å². The number of nitrogens with zero attached hydrogens (tertiary/aromatic N) is 2. The smallest absolute Gasteiger partial charge is 0.287 e. The summed E-state index contributed by atoms with van der Waals surface area (Å²) in [5, 5.41) is 27.8. The standard InChI is InChI=1S/C13H15N3O3S/c1-9-5-11(16(18)19)6-14-12(9)15-8-13(2,17)10-3-4-20-7-10/h3-7,17H,8H2,1-2H3,(H,14,15)/t13-/m0/s1. The monoisotopic (exact) mass is 293 g/mol. The summed E-state index contributed by atoms with van der Waals surface area (Å²) in [6.07, 6.45) is 1.20. The SMILES string of the molecule is Cc1cc([N+](=O)[O-])cnc1NC[C@](C)(O)c1ccsc1. The number of anilines is 1. The molecular formula is C13H15N3O3S. The highest BCUT2D eigenvalue weighted by Gasteiger charge is 2.23. The van der Waals surface area contributed by atoms with Crippen molar-refractivity contribution in [2.45, 2.75) is 19.4 Å². The second-order valence-corrected chi connectivity index (χ2v) is 5.54.